The predicted octanol–water partition coefficient (Wildman–Crippen LogP) is 1.86. The third kappa shape index (κ3) is 1.91. The van der Waals surface area contributed by atoms with Crippen molar-refractivity contribution in [3.63, 3.8) is 0 Å². The molecule has 0 saturated carbocycles. The summed E-state index contributed by atoms with van der Waals surface area (Å²) < 4.78 is 9.35. The van der Waals surface area contributed by atoms with Gasteiger partial charge < -0.3 is 10.1 Å². The van der Waals surface area contributed by atoms with Crippen molar-refractivity contribution in [2.75, 3.05) is 20.2 Å². The van der Waals surface area contributed by atoms with E-state index in [-0.39, 0.29) is 0 Å². The number of ether oxygens (including phenoxy) is 1. The normalized spacial score (nSPS) is 27.6. The fourth-order valence-corrected chi connectivity index (χ4v) is 2.94. The summed E-state index contributed by atoms with van der Waals surface area (Å²) in [5.74, 6) is 2.13. The van der Waals surface area contributed by atoms with E-state index in [1.807, 2.05) is 0 Å². The van der Waals surface area contributed by atoms with E-state index in [9.17, 15) is 0 Å². The molecular formula is C10H16N2OS. The predicted molar refractivity (Wildman–Crippen MR) is 58.1 cm³/mol. The van der Waals surface area contributed by atoms with Crippen LogP contribution in [0.15, 0.2) is 6.07 Å². The fourth-order valence-electron chi connectivity index (χ4n) is 1.98. The van der Waals surface area contributed by atoms with Crippen molar-refractivity contribution in [3.05, 3.63) is 10.9 Å². The Balaban J connectivity index is 2.12. The van der Waals surface area contributed by atoms with Crippen LogP contribution in [0.3, 0.4) is 0 Å². The summed E-state index contributed by atoms with van der Waals surface area (Å²) in [7, 11) is 1.67. The highest BCUT2D eigenvalue weighted by Crippen LogP contribution is 2.34. The van der Waals surface area contributed by atoms with E-state index in [2.05, 4.69) is 22.7 Å². The van der Waals surface area contributed by atoms with Crippen LogP contribution in [-0.2, 0) is 0 Å². The molecule has 0 spiro atoms. The van der Waals surface area contributed by atoms with Gasteiger partial charge in [0.2, 0.25) is 5.88 Å². The van der Waals surface area contributed by atoms with E-state index >= 15 is 0 Å². The molecule has 78 valence electrons. The van der Waals surface area contributed by atoms with Crippen LogP contribution in [0.5, 0.6) is 5.88 Å². The standard InChI is InChI=1S/C10H16N2OS/c1-7-6-11-4-3-8(7)9-5-10(13-2)12-14-9/h5,7-8,11H,3-4,6H2,1-2H3. The second-order valence-electron chi connectivity index (χ2n) is 3.85. The van der Waals surface area contributed by atoms with Gasteiger partial charge in [-0.2, -0.15) is 4.37 Å². The molecule has 3 nitrogen and oxygen atoms in total. The van der Waals surface area contributed by atoms with E-state index in [1.165, 1.54) is 11.3 Å². The maximum atomic E-state index is 5.10. The summed E-state index contributed by atoms with van der Waals surface area (Å²) in [6, 6.07) is 2.08. The van der Waals surface area contributed by atoms with Gasteiger partial charge in [0.1, 0.15) is 0 Å². The smallest absolute Gasteiger partial charge is 0.225 e. The molecule has 2 rings (SSSR count). The van der Waals surface area contributed by atoms with Gasteiger partial charge >= 0.3 is 0 Å². The van der Waals surface area contributed by atoms with Crippen LogP contribution >= 0.6 is 11.5 Å². The minimum absolute atomic E-state index is 0.664. The first-order chi connectivity index (χ1) is 6.81. The van der Waals surface area contributed by atoms with Crippen LogP contribution in [0.25, 0.3) is 0 Å². The maximum absolute atomic E-state index is 5.10. The summed E-state index contributed by atoms with van der Waals surface area (Å²) in [5.41, 5.74) is 0. The minimum Gasteiger partial charge on any atom is -0.480 e. The number of piperidine rings is 1. The molecular weight excluding hydrogens is 196 g/mol. The molecule has 2 unspecified atom stereocenters. The molecule has 1 saturated heterocycles. The van der Waals surface area contributed by atoms with Gasteiger partial charge in [-0.3, -0.25) is 0 Å². The highest BCUT2D eigenvalue weighted by atomic mass is 32.1. The van der Waals surface area contributed by atoms with Gasteiger partial charge in [0.15, 0.2) is 0 Å². The largest absolute Gasteiger partial charge is 0.480 e. The third-order valence-electron chi connectivity index (χ3n) is 2.87. The highest BCUT2D eigenvalue weighted by Gasteiger charge is 2.24. The van der Waals surface area contributed by atoms with E-state index in [0.717, 1.165) is 19.0 Å². The first kappa shape index (κ1) is 9.93. The molecule has 0 radical (unpaired) electrons. The van der Waals surface area contributed by atoms with Crippen LogP contribution in [0.1, 0.15) is 24.1 Å². The Morgan fingerprint density at radius 3 is 3.14 bits per heavy atom. The first-order valence-electron chi connectivity index (χ1n) is 5.02. The van der Waals surface area contributed by atoms with Crippen molar-refractivity contribution in [3.8, 4) is 5.88 Å². The Morgan fingerprint density at radius 1 is 1.64 bits per heavy atom. The number of nitrogens with one attached hydrogen (secondary N) is 1. The number of hydrogen-bond donors (Lipinski definition) is 1. The highest BCUT2D eigenvalue weighted by molar-refractivity contribution is 7.06. The number of nitrogens with zero attached hydrogens (tertiary/aromatic N) is 1. The van der Waals surface area contributed by atoms with Crippen LogP contribution in [-0.4, -0.2) is 24.6 Å². The van der Waals surface area contributed by atoms with Crippen molar-refractivity contribution in [1.29, 1.82) is 0 Å². The summed E-state index contributed by atoms with van der Waals surface area (Å²) >= 11 is 1.58. The molecule has 1 N–H and O–H groups in total. The lowest BCUT2D eigenvalue weighted by Gasteiger charge is -2.28. The zero-order chi connectivity index (χ0) is 9.97. The molecule has 1 aliphatic rings. The topological polar surface area (TPSA) is 34.1 Å². The number of aromatic nitrogens is 1. The fraction of sp³-hybridized carbons (Fsp3) is 0.700. The SMILES string of the molecule is COc1cc(C2CCNCC2C)sn1. The second kappa shape index (κ2) is 4.28. The molecule has 1 aromatic rings. The van der Waals surface area contributed by atoms with Crippen molar-refractivity contribution in [2.45, 2.75) is 19.3 Å². The second-order valence-corrected chi connectivity index (χ2v) is 4.68. The number of hydrogen-bond acceptors (Lipinski definition) is 4. The Hall–Kier alpha value is -0.610. The van der Waals surface area contributed by atoms with Crippen molar-refractivity contribution < 1.29 is 4.74 Å². The molecule has 0 bridgehead atoms. The molecule has 0 amide bonds. The summed E-state index contributed by atoms with van der Waals surface area (Å²) in [5, 5.41) is 3.41. The van der Waals surface area contributed by atoms with Crippen molar-refractivity contribution in [2.24, 2.45) is 5.92 Å². The third-order valence-corrected chi connectivity index (χ3v) is 3.77. The molecule has 4 heteroatoms. The van der Waals surface area contributed by atoms with Crippen molar-refractivity contribution in [1.82, 2.24) is 9.69 Å². The van der Waals surface area contributed by atoms with E-state index < -0.39 is 0 Å². The summed E-state index contributed by atoms with van der Waals surface area (Å²) in [4.78, 5) is 1.37. The van der Waals surface area contributed by atoms with Crippen LogP contribution in [0, 0.1) is 5.92 Å². The Labute approximate surface area is 88.6 Å². The quantitative estimate of drug-likeness (QED) is 0.812. The van der Waals surface area contributed by atoms with Gasteiger partial charge in [-0.05, 0) is 42.9 Å². The van der Waals surface area contributed by atoms with Gasteiger partial charge in [0.05, 0.1) is 7.11 Å². The van der Waals surface area contributed by atoms with Gasteiger partial charge in [-0.1, -0.05) is 6.92 Å². The van der Waals surface area contributed by atoms with Crippen molar-refractivity contribution >= 4 is 11.5 Å². The van der Waals surface area contributed by atoms with Gasteiger partial charge in [0, 0.05) is 10.9 Å². The number of methoxy groups -OCH3 is 1. The average Bonchev–Trinajstić information content (AvgIpc) is 2.67. The summed E-state index contributed by atoms with van der Waals surface area (Å²) in [6.07, 6.45) is 1.21. The van der Waals surface area contributed by atoms with E-state index in [4.69, 9.17) is 4.74 Å². The maximum Gasteiger partial charge on any atom is 0.225 e. The van der Waals surface area contributed by atoms with Gasteiger partial charge in [-0.25, -0.2) is 0 Å². The molecule has 2 heterocycles. The van der Waals surface area contributed by atoms with Gasteiger partial charge in [0.25, 0.3) is 0 Å². The average molecular weight is 212 g/mol. The molecule has 0 aromatic carbocycles. The molecule has 1 aromatic heterocycles. The summed E-state index contributed by atoms with van der Waals surface area (Å²) in [6.45, 7) is 4.53. The van der Waals surface area contributed by atoms with E-state index in [0.29, 0.717) is 11.8 Å². The zero-order valence-corrected chi connectivity index (χ0v) is 9.43. The monoisotopic (exact) mass is 212 g/mol. The lowest BCUT2D eigenvalue weighted by molar-refractivity contribution is 0.352. The lowest BCUT2D eigenvalue weighted by Crippen LogP contribution is -2.33. The Kier molecular flexibility index (Phi) is 3.03. The Bertz CT molecular complexity index is 300. The van der Waals surface area contributed by atoms with Crippen LogP contribution < -0.4 is 10.1 Å². The zero-order valence-electron chi connectivity index (χ0n) is 8.62. The lowest BCUT2D eigenvalue weighted by atomic mass is 9.87. The molecule has 1 aliphatic heterocycles. The Morgan fingerprint density at radius 2 is 2.50 bits per heavy atom. The first-order valence-corrected chi connectivity index (χ1v) is 5.80. The molecule has 1 fully saturated rings. The van der Waals surface area contributed by atoms with E-state index in [1.54, 1.807) is 18.6 Å². The molecule has 14 heavy (non-hydrogen) atoms. The number of rotatable bonds is 2. The van der Waals surface area contributed by atoms with Gasteiger partial charge in [-0.15, -0.1) is 0 Å². The molecule has 2 atom stereocenters. The van der Waals surface area contributed by atoms with Crippen LogP contribution in [0.2, 0.25) is 0 Å². The minimum atomic E-state index is 0.664. The van der Waals surface area contributed by atoms with Crippen LogP contribution in [0.4, 0.5) is 0 Å². The molecule has 0 aliphatic carbocycles.